The minimum atomic E-state index is 0.680. The molecule has 0 amide bonds. The van der Waals surface area contributed by atoms with Gasteiger partial charge in [0.05, 0.1) is 7.11 Å². The highest BCUT2D eigenvalue weighted by Crippen LogP contribution is 2.20. The molecule has 1 aliphatic rings. The molecule has 0 saturated carbocycles. The molecule has 1 aromatic carbocycles. The summed E-state index contributed by atoms with van der Waals surface area (Å²) in [6.45, 7) is 9.05. The average molecular weight is 290 g/mol. The minimum absolute atomic E-state index is 0.680. The van der Waals surface area contributed by atoms with Crippen molar-refractivity contribution in [2.24, 2.45) is 5.92 Å². The van der Waals surface area contributed by atoms with Gasteiger partial charge in [0, 0.05) is 19.1 Å². The Hall–Kier alpha value is -1.06. The summed E-state index contributed by atoms with van der Waals surface area (Å²) >= 11 is 0. The quantitative estimate of drug-likeness (QED) is 0.834. The van der Waals surface area contributed by atoms with Gasteiger partial charge in [-0.1, -0.05) is 32.4 Å². The van der Waals surface area contributed by atoms with E-state index in [1.54, 1.807) is 7.11 Å². The lowest BCUT2D eigenvalue weighted by molar-refractivity contribution is 0.137. The number of piperidine rings is 1. The molecular formula is C18H30N2O. The lowest BCUT2D eigenvalue weighted by Gasteiger charge is -2.36. The van der Waals surface area contributed by atoms with Gasteiger partial charge in [-0.3, -0.25) is 4.90 Å². The largest absolute Gasteiger partial charge is 0.497 e. The van der Waals surface area contributed by atoms with Crippen molar-refractivity contribution in [1.29, 1.82) is 0 Å². The van der Waals surface area contributed by atoms with Crippen LogP contribution in [-0.4, -0.2) is 37.7 Å². The van der Waals surface area contributed by atoms with Crippen LogP contribution in [0.3, 0.4) is 0 Å². The second kappa shape index (κ2) is 8.40. The summed E-state index contributed by atoms with van der Waals surface area (Å²) in [5.74, 6) is 1.66. The van der Waals surface area contributed by atoms with Gasteiger partial charge in [-0.2, -0.15) is 0 Å². The summed E-state index contributed by atoms with van der Waals surface area (Å²) < 4.78 is 5.23. The highest BCUT2D eigenvalue weighted by molar-refractivity contribution is 5.27. The van der Waals surface area contributed by atoms with Crippen LogP contribution >= 0.6 is 0 Å². The number of hydrogen-bond acceptors (Lipinski definition) is 3. The molecule has 0 spiro atoms. The Morgan fingerprint density at radius 1 is 1.24 bits per heavy atom. The number of ether oxygens (including phenoxy) is 1. The first kappa shape index (κ1) is 16.3. The summed E-state index contributed by atoms with van der Waals surface area (Å²) in [5, 5.41) is 3.63. The molecule has 0 aromatic heterocycles. The van der Waals surface area contributed by atoms with Crippen LogP contribution in [0.25, 0.3) is 0 Å². The molecule has 0 bridgehead atoms. The van der Waals surface area contributed by atoms with E-state index in [1.807, 2.05) is 0 Å². The summed E-state index contributed by atoms with van der Waals surface area (Å²) in [6, 6.07) is 9.17. The average Bonchev–Trinajstić information content (AvgIpc) is 2.49. The van der Waals surface area contributed by atoms with Crippen LogP contribution in [0.1, 0.15) is 38.7 Å². The maximum absolute atomic E-state index is 5.23. The molecule has 1 saturated heterocycles. The van der Waals surface area contributed by atoms with Crippen molar-refractivity contribution in [2.45, 2.75) is 45.7 Å². The zero-order valence-corrected chi connectivity index (χ0v) is 13.8. The summed E-state index contributed by atoms with van der Waals surface area (Å²) in [4.78, 5) is 2.64. The molecule has 1 atom stereocenters. The molecule has 1 aliphatic heterocycles. The molecule has 1 fully saturated rings. The maximum atomic E-state index is 5.23. The monoisotopic (exact) mass is 290 g/mol. The first-order chi connectivity index (χ1) is 10.2. The molecule has 3 nitrogen and oxygen atoms in total. The van der Waals surface area contributed by atoms with E-state index in [2.05, 4.69) is 48.3 Å². The summed E-state index contributed by atoms with van der Waals surface area (Å²) in [6.07, 6.45) is 4.02. The molecule has 1 unspecified atom stereocenters. The fourth-order valence-corrected chi connectivity index (χ4v) is 3.00. The number of nitrogens with zero attached hydrogens (tertiary/aromatic N) is 1. The Kier molecular flexibility index (Phi) is 6.52. The van der Waals surface area contributed by atoms with Gasteiger partial charge in [0.2, 0.25) is 0 Å². The van der Waals surface area contributed by atoms with Gasteiger partial charge in [0.15, 0.2) is 0 Å². The smallest absolute Gasteiger partial charge is 0.118 e. The predicted octanol–water partition coefficient (Wildman–Crippen LogP) is 3.30. The third-order valence-electron chi connectivity index (χ3n) is 4.23. The van der Waals surface area contributed by atoms with Gasteiger partial charge in [-0.05, 0) is 49.5 Å². The second-order valence-corrected chi connectivity index (χ2v) is 6.52. The van der Waals surface area contributed by atoms with E-state index in [9.17, 15) is 0 Å². The van der Waals surface area contributed by atoms with Crippen molar-refractivity contribution in [3.63, 3.8) is 0 Å². The van der Waals surface area contributed by atoms with E-state index in [4.69, 9.17) is 4.74 Å². The zero-order chi connectivity index (χ0) is 15.1. The Bertz CT molecular complexity index is 402. The van der Waals surface area contributed by atoms with E-state index >= 15 is 0 Å². The lowest BCUT2D eigenvalue weighted by atomic mass is 10.0. The standard InChI is InChI=1S/C18H30N2O/c1-15(2)12-19-13-17-6-4-5-11-20(17)14-16-7-9-18(21-3)10-8-16/h7-10,15,17,19H,4-6,11-14H2,1-3H3. The molecule has 0 radical (unpaired) electrons. The van der Waals surface area contributed by atoms with Gasteiger partial charge in [-0.15, -0.1) is 0 Å². The van der Waals surface area contributed by atoms with Gasteiger partial charge in [0.1, 0.15) is 5.75 Å². The van der Waals surface area contributed by atoms with Crippen LogP contribution in [0.15, 0.2) is 24.3 Å². The number of hydrogen-bond donors (Lipinski definition) is 1. The van der Waals surface area contributed by atoms with E-state index in [1.165, 1.54) is 31.4 Å². The molecule has 3 heteroatoms. The Morgan fingerprint density at radius 2 is 2.00 bits per heavy atom. The second-order valence-electron chi connectivity index (χ2n) is 6.52. The molecule has 118 valence electrons. The molecule has 1 aromatic rings. The SMILES string of the molecule is COc1ccc(CN2CCCCC2CNCC(C)C)cc1. The Balaban J connectivity index is 1.88. The highest BCUT2D eigenvalue weighted by atomic mass is 16.5. The van der Waals surface area contributed by atoms with Crippen molar-refractivity contribution in [2.75, 3.05) is 26.7 Å². The van der Waals surface area contributed by atoms with E-state index < -0.39 is 0 Å². The number of likely N-dealkylation sites (tertiary alicyclic amines) is 1. The Morgan fingerprint density at radius 3 is 2.67 bits per heavy atom. The predicted molar refractivity (Wildman–Crippen MR) is 88.8 cm³/mol. The lowest BCUT2D eigenvalue weighted by Crippen LogP contribution is -2.45. The topological polar surface area (TPSA) is 24.5 Å². The van der Waals surface area contributed by atoms with Crippen LogP contribution in [0.2, 0.25) is 0 Å². The minimum Gasteiger partial charge on any atom is -0.497 e. The van der Waals surface area contributed by atoms with Crippen LogP contribution < -0.4 is 10.1 Å². The van der Waals surface area contributed by atoms with Gasteiger partial charge in [0.25, 0.3) is 0 Å². The highest BCUT2D eigenvalue weighted by Gasteiger charge is 2.22. The van der Waals surface area contributed by atoms with Crippen molar-refractivity contribution < 1.29 is 4.74 Å². The van der Waals surface area contributed by atoms with Gasteiger partial charge in [-0.25, -0.2) is 0 Å². The first-order valence-electron chi connectivity index (χ1n) is 8.26. The van der Waals surface area contributed by atoms with Crippen molar-refractivity contribution >= 4 is 0 Å². The molecule has 1 N–H and O–H groups in total. The van der Waals surface area contributed by atoms with Crippen LogP contribution in [0.4, 0.5) is 0 Å². The van der Waals surface area contributed by atoms with Crippen LogP contribution in [0.5, 0.6) is 5.75 Å². The zero-order valence-electron chi connectivity index (χ0n) is 13.8. The van der Waals surface area contributed by atoms with Crippen molar-refractivity contribution in [3.8, 4) is 5.75 Å². The molecule has 21 heavy (non-hydrogen) atoms. The van der Waals surface area contributed by atoms with E-state index in [0.29, 0.717) is 6.04 Å². The fourth-order valence-electron chi connectivity index (χ4n) is 3.00. The number of methoxy groups -OCH3 is 1. The summed E-state index contributed by atoms with van der Waals surface area (Å²) in [5.41, 5.74) is 1.38. The van der Waals surface area contributed by atoms with Crippen molar-refractivity contribution in [1.82, 2.24) is 10.2 Å². The van der Waals surface area contributed by atoms with Crippen molar-refractivity contribution in [3.05, 3.63) is 29.8 Å². The number of nitrogens with one attached hydrogen (secondary N) is 1. The van der Waals surface area contributed by atoms with Crippen LogP contribution in [-0.2, 0) is 6.54 Å². The van der Waals surface area contributed by atoms with Gasteiger partial charge < -0.3 is 10.1 Å². The molecular weight excluding hydrogens is 260 g/mol. The maximum Gasteiger partial charge on any atom is 0.118 e. The fraction of sp³-hybridized carbons (Fsp3) is 0.667. The first-order valence-corrected chi connectivity index (χ1v) is 8.26. The summed E-state index contributed by atoms with van der Waals surface area (Å²) in [7, 11) is 1.72. The van der Waals surface area contributed by atoms with Crippen LogP contribution in [0, 0.1) is 5.92 Å². The van der Waals surface area contributed by atoms with E-state index in [0.717, 1.165) is 31.3 Å². The van der Waals surface area contributed by atoms with E-state index in [-0.39, 0.29) is 0 Å². The number of benzene rings is 1. The Labute approximate surface area is 129 Å². The third-order valence-corrected chi connectivity index (χ3v) is 4.23. The normalized spacial score (nSPS) is 19.9. The molecule has 0 aliphatic carbocycles. The third kappa shape index (κ3) is 5.33. The molecule has 2 rings (SSSR count). The molecule has 1 heterocycles. The van der Waals surface area contributed by atoms with Gasteiger partial charge >= 0.3 is 0 Å². The number of rotatable bonds is 7.